The highest BCUT2D eigenvalue weighted by Gasteiger charge is 2.24. The summed E-state index contributed by atoms with van der Waals surface area (Å²) in [6.07, 6.45) is 7.49. The van der Waals surface area contributed by atoms with E-state index in [4.69, 9.17) is 0 Å². The number of nitrogens with zero attached hydrogens (tertiary/aromatic N) is 1. The Morgan fingerprint density at radius 1 is 1.06 bits per heavy atom. The van der Waals surface area contributed by atoms with Gasteiger partial charge in [-0.1, -0.05) is 31.1 Å². The summed E-state index contributed by atoms with van der Waals surface area (Å²) in [6.45, 7) is 5.18. The first kappa shape index (κ1) is 24.9. The van der Waals surface area contributed by atoms with Crippen molar-refractivity contribution >= 4 is 39.3 Å². The average Bonchev–Trinajstić information content (AvgIpc) is 3.11. The Balaban J connectivity index is 1.92. The van der Waals surface area contributed by atoms with Gasteiger partial charge in [0, 0.05) is 24.5 Å². The van der Waals surface area contributed by atoms with E-state index in [0.29, 0.717) is 18.7 Å². The lowest BCUT2D eigenvalue weighted by Gasteiger charge is -2.22. The zero-order valence-electron chi connectivity index (χ0n) is 18.7. The summed E-state index contributed by atoms with van der Waals surface area (Å²) in [5, 5.41) is 2.65. The van der Waals surface area contributed by atoms with Crippen molar-refractivity contribution in [2.24, 2.45) is 0 Å². The van der Waals surface area contributed by atoms with Crippen LogP contribution in [0.2, 0.25) is 0 Å². The van der Waals surface area contributed by atoms with Crippen LogP contribution in [0.1, 0.15) is 46.4 Å². The SMILES string of the molecule is C=CCNC(=O)c1ccccc1NS(=O)(=O)c1ccc(SC)c(C(=O)N2CCCCCC2)c1. The lowest BCUT2D eigenvalue weighted by atomic mass is 10.1. The second-order valence-electron chi connectivity index (χ2n) is 7.72. The van der Waals surface area contributed by atoms with E-state index in [1.807, 2.05) is 11.2 Å². The van der Waals surface area contributed by atoms with Gasteiger partial charge in [-0.25, -0.2) is 8.42 Å². The van der Waals surface area contributed by atoms with Gasteiger partial charge in [-0.15, -0.1) is 18.3 Å². The molecule has 9 heteroatoms. The topological polar surface area (TPSA) is 95.6 Å². The number of anilines is 1. The molecule has 2 aromatic carbocycles. The number of hydrogen-bond acceptors (Lipinski definition) is 5. The van der Waals surface area contributed by atoms with Crippen LogP contribution < -0.4 is 10.0 Å². The molecule has 7 nitrogen and oxygen atoms in total. The molecular formula is C24H29N3O4S2. The second kappa shape index (κ2) is 11.4. The molecule has 1 heterocycles. The van der Waals surface area contributed by atoms with Gasteiger partial charge in [-0.2, -0.15) is 0 Å². The van der Waals surface area contributed by atoms with Crippen molar-refractivity contribution in [3.63, 3.8) is 0 Å². The zero-order valence-corrected chi connectivity index (χ0v) is 20.3. The number of hydrogen-bond donors (Lipinski definition) is 2. The maximum Gasteiger partial charge on any atom is 0.261 e. The predicted octanol–water partition coefficient (Wildman–Crippen LogP) is 4.14. The van der Waals surface area contributed by atoms with Gasteiger partial charge in [0.2, 0.25) is 0 Å². The third kappa shape index (κ3) is 6.17. The van der Waals surface area contributed by atoms with E-state index in [1.54, 1.807) is 30.3 Å². The number of carbonyl (C=O) groups excluding carboxylic acids is 2. The Hall–Kier alpha value is -2.78. The normalized spacial score (nSPS) is 14.3. The summed E-state index contributed by atoms with van der Waals surface area (Å²) in [5.41, 5.74) is 0.738. The Kier molecular flexibility index (Phi) is 8.57. The van der Waals surface area contributed by atoms with E-state index < -0.39 is 15.9 Å². The average molecular weight is 488 g/mol. The molecule has 0 saturated carbocycles. The van der Waals surface area contributed by atoms with Crippen molar-refractivity contribution < 1.29 is 18.0 Å². The fraction of sp³-hybridized carbons (Fsp3) is 0.333. The van der Waals surface area contributed by atoms with Crippen LogP contribution in [-0.4, -0.2) is 51.0 Å². The first-order valence-corrected chi connectivity index (χ1v) is 13.6. The maximum absolute atomic E-state index is 13.2. The highest BCUT2D eigenvalue weighted by Crippen LogP contribution is 2.28. The first-order chi connectivity index (χ1) is 15.9. The van der Waals surface area contributed by atoms with Gasteiger partial charge in [0.1, 0.15) is 0 Å². The van der Waals surface area contributed by atoms with Crippen molar-refractivity contribution in [2.45, 2.75) is 35.5 Å². The van der Waals surface area contributed by atoms with Gasteiger partial charge in [-0.3, -0.25) is 14.3 Å². The summed E-state index contributed by atoms with van der Waals surface area (Å²) in [5.74, 6) is -0.564. The largest absolute Gasteiger partial charge is 0.349 e. The van der Waals surface area contributed by atoms with E-state index in [0.717, 1.165) is 30.6 Å². The lowest BCUT2D eigenvalue weighted by Crippen LogP contribution is -2.32. The zero-order chi connectivity index (χ0) is 23.8. The summed E-state index contributed by atoms with van der Waals surface area (Å²) in [6, 6.07) is 10.9. The van der Waals surface area contributed by atoms with Crippen molar-refractivity contribution in [3.8, 4) is 0 Å². The second-order valence-corrected chi connectivity index (χ2v) is 10.2. The van der Waals surface area contributed by atoms with E-state index in [9.17, 15) is 18.0 Å². The molecule has 0 unspecified atom stereocenters. The van der Waals surface area contributed by atoms with Crippen molar-refractivity contribution in [2.75, 3.05) is 30.6 Å². The molecular weight excluding hydrogens is 458 g/mol. The molecule has 3 rings (SSSR count). The third-order valence-corrected chi connectivity index (χ3v) is 7.59. The molecule has 176 valence electrons. The van der Waals surface area contributed by atoms with E-state index in [1.165, 1.54) is 30.0 Å². The number of para-hydroxylation sites is 1. The Bertz CT molecular complexity index is 1120. The number of benzene rings is 2. The molecule has 1 saturated heterocycles. The number of thioether (sulfide) groups is 1. The Labute approximate surface area is 199 Å². The van der Waals surface area contributed by atoms with Crippen molar-refractivity contribution in [3.05, 3.63) is 66.2 Å². The van der Waals surface area contributed by atoms with E-state index >= 15 is 0 Å². The standard InChI is InChI=1S/C24H29N3O4S2/c1-3-14-25-23(28)19-10-6-7-11-21(19)26-33(30,31)18-12-13-22(32-2)20(17-18)24(29)27-15-8-4-5-9-16-27/h3,6-7,10-13,17,26H,1,4-5,8-9,14-16H2,2H3,(H,25,28). The molecule has 1 aliphatic rings. The molecule has 0 aromatic heterocycles. The Morgan fingerprint density at radius 2 is 1.76 bits per heavy atom. The van der Waals surface area contributed by atoms with Crippen LogP contribution in [0, 0.1) is 0 Å². The van der Waals surface area contributed by atoms with Crippen molar-refractivity contribution in [1.29, 1.82) is 0 Å². The molecule has 0 bridgehead atoms. The third-order valence-electron chi connectivity index (χ3n) is 5.43. The predicted molar refractivity (Wildman–Crippen MR) is 132 cm³/mol. The first-order valence-electron chi connectivity index (χ1n) is 10.9. The molecule has 33 heavy (non-hydrogen) atoms. The fourth-order valence-corrected chi connectivity index (χ4v) is 5.38. The smallest absolute Gasteiger partial charge is 0.261 e. The van der Waals surface area contributed by atoms with Crippen LogP contribution in [0.15, 0.2) is 64.9 Å². The number of amides is 2. The minimum absolute atomic E-state index is 0.0280. The minimum atomic E-state index is -4.04. The molecule has 2 N–H and O–H groups in total. The summed E-state index contributed by atoms with van der Waals surface area (Å²) >= 11 is 1.41. The molecule has 1 fully saturated rings. The van der Waals surface area contributed by atoms with Gasteiger partial charge in [0.05, 0.1) is 21.7 Å². The molecule has 2 aromatic rings. The van der Waals surface area contributed by atoms with Crippen LogP contribution in [0.4, 0.5) is 5.69 Å². The number of likely N-dealkylation sites (tertiary alicyclic amines) is 1. The van der Waals surface area contributed by atoms with Crippen LogP contribution in [0.5, 0.6) is 0 Å². The Morgan fingerprint density at radius 3 is 2.42 bits per heavy atom. The van der Waals surface area contributed by atoms with E-state index in [-0.39, 0.29) is 28.6 Å². The molecule has 0 spiro atoms. The fourth-order valence-electron chi connectivity index (χ4n) is 3.70. The lowest BCUT2D eigenvalue weighted by molar-refractivity contribution is 0.0757. The minimum Gasteiger partial charge on any atom is -0.349 e. The number of rotatable bonds is 8. The van der Waals surface area contributed by atoms with E-state index in [2.05, 4.69) is 16.6 Å². The van der Waals surface area contributed by atoms with Gasteiger partial charge in [-0.05, 0) is 49.4 Å². The number of sulfonamides is 1. The van der Waals surface area contributed by atoms with Gasteiger partial charge < -0.3 is 10.2 Å². The van der Waals surface area contributed by atoms with Gasteiger partial charge in [0.25, 0.3) is 21.8 Å². The molecule has 1 aliphatic heterocycles. The molecule has 0 aliphatic carbocycles. The quantitative estimate of drug-likeness (QED) is 0.431. The highest BCUT2D eigenvalue weighted by molar-refractivity contribution is 7.98. The number of nitrogens with one attached hydrogen (secondary N) is 2. The van der Waals surface area contributed by atoms with Gasteiger partial charge >= 0.3 is 0 Å². The van der Waals surface area contributed by atoms with Crippen molar-refractivity contribution in [1.82, 2.24) is 10.2 Å². The summed E-state index contributed by atoms with van der Waals surface area (Å²) < 4.78 is 28.9. The highest BCUT2D eigenvalue weighted by atomic mass is 32.2. The van der Waals surface area contributed by atoms with Crippen LogP contribution in [0.25, 0.3) is 0 Å². The molecule has 0 radical (unpaired) electrons. The molecule has 2 amide bonds. The summed E-state index contributed by atoms with van der Waals surface area (Å²) in [4.78, 5) is 28.2. The van der Waals surface area contributed by atoms with Crippen LogP contribution in [-0.2, 0) is 10.0 Å². The van der Waals surface area contributed by atoms with Gasteiger partial charge in [0.15, 0.2) is 0 Å². The van der Waals surface area contributed by atoms with Crippen LogP contribution in [0.3, 0.4) is 0 Å². The van der Waals surface area contributed by atoms with Crippen LogP contribution >= 0.6 is 11.8 Å². The maximum atomic E-state index is 13.2. The monoisotopic (exact) mass is 487 g/mol. The summed E-state index contributed by atoms with van der Waals surface area (Å²) in [7, 11) is -4.04. The molecule has 0 atom stereocenters. The number of carbonyl (C=O) groups is 2.